The number of halogens is 2. The molecule has 0 aromatic heterocycles. The van der Waals surface area contributed by atoms with E-state index in [-0.39, 0.29) is 5.75 Å². The van der Waals surface area contributed by atoms with Gasteiger partial charge in [-0.1, -0.05) is 51.0 Å². The van der Waals surface area contributed by atoms with Gasteiger partial charge in [0.1, 0.15) is 0 Å². The van der Waals surface area contributed by atoms with Crippen LogP contribution in [0.5, 0.6) is 5.75 Å². The average Bonchev–Trinajstić information content (AvgIpc) is 2.67. The van der Waals surface area contributed by atoms with Crippen molar-refractivity contribution < 1.29 is 13.5 Å². The fourth-order valence-electron chi connectivity index (χ4n) is 4.12. The molecule has 0 heterocycles. The molecule has 1 aromatic rings. The van der Waals surface area contributed by atoms with E-state index in [4.69, 9.17) is 4.74 Å². The number of ether oxygens (including phenoxy) is 1. The van der Waals surface area contributed by atoms with Gasteiger partial charge in [-0.3, -0.25) is 0 Å². The van der Waals surface area contributed by atoms with E-state index in [9.17, 15) is 8.78 Å². The quantitative estimate of drug-likeness (QED) is 0.408. The summed E-state index contributed by atoms with van der Waals surface area (Å²) in [5.74, 6) is -0.207. The summed E-state index contributed by atoms with van der Waals surface area (Å²) < 4.78 is 33.3. The van der Waals surface area contributed by atoms with Crippen LogP contribution in [0.3, 0.4) is 0 Å². The van der Waals surface area contributed by atoms with E-state index >= 15 is 0 Å². The van der Waals surface area contributed by atoms with E-state index in [2.05, 4.69) is 26.0 Å². The molecule has 0 atom stereocenters. The Labute approximate surface area is 163 Å². The van der Waals surface area contributed by atoms with Crippen LogP contribution < -0.4 is 4.74 Å². The second kappa shape index (κ2) is 11.3. The van der Waals surface area contributed by atoms with Crippen LogP contribution in [0, 0.1) is 23.5 Å². The predicted molar refractivity (Wildman–Crippen MR) is 109 cm³/mol. The van der Waals surface area contributed by atoms with Crippen LogP contribution in [0.1, 0.15) is 71.3 Å². The van der Waals surface area contributed by atoms with Gasteiger partial charge in [0.15, 0.2) is 11.6 Å². The Morgan fingerprint density at radius 2 is 1.81 bits per heavy atom. The number of hydrogen-bond acceptors (Lipinski definition) is 1. The molecular formula is C24H34F2O. The maximum absolute atomic E-state index is 14.2. The minimum atomic E-state index is -0.888. The largest absolute Gasteiger partial charge is 0.491 e. The van der Waals surface area contributed by atoms with Crippen LogP contribution in [0.25, 0.3) is 0 Å². The monoisotopic (exact) mass is 376 g/mol. The Morgan fingerprint density at radius 3 is 2.44 bits per heavy atom. The van der Waals surface area contributed by atoms with Gasteiger partial charge in [0.05, 0.1) is 6.61 Å². The number of benzene rings is 1. The third-order valence-corrected chi connectivity index (χ3v) is 5.53. The minimum Gasteiger partial charge on any atom is -0.491 e. The molecule has 150 valence electrons. The summed E-state index contributed by atoms with van der Waals surface area (Å²) in [6, 6.07) is 3.13. The Hall–Kier alpha value is -1.64. The maximum Gasteiger partial charge on any atom is 0.200 e. The normalized spacial score (nSPS) is 21.0. The molecule has 0 amide bonds. The molecule has 1 fully saturated rings. The molecule has 0 bridgehead atoms. The third kappa shape index (κ3) is 6.19. The van der Waals surface area contributed by atoms with Crippen molar-refractivity contribution in [2.75, 3.05) is 6.61 Å². The van der Waals surface area contributed by atoms with E-state index in [1.165, 1.54) is 50.2 Å². The van der Waals surface area contributed by atoms with Crippen molar-refractivity contribution in [3.63, 3.8) is 0 Å². The fraction of sp³-hybridized carbons (Fsp3) is 0.583. The van der Waals surface area contributed by atoms with Crippen molar-refractivity contribution >= 4 is 0 Å². The summed E-state index contributed by atoms with van der Waals surface area (Å²) >= 11 is 0. The van der Waals surface area contributed by atoms with Gasteiger partial charge in [0.25, 0.3) is 0 Å². The fourth-order valence-corrected chi connectivity index (χ4v) is 4.12. The molecule has 27 heavy (non-hydrogen) atoms. The molecule has 1 aromatic carbocycles. The van der Waals surface area contributed by atoms with Crippen molar-refractivity contribution in [2.24, 2.45) is 11.8 Å². The molecule has 1 aliphatic carbocycles. The van der Waals surface area contributed by atoms with Gasteiger partial charge in [0.2, 0.25) is 5.82 Å². The van der Waals surface area contributed by atoms with Crippen molar-refractivity contribution in [1.29, 1.82) is 0 Å². The van der Waals surface area contributed by atoms with Gasteiger partial charge in [0, 0.05) is 0 Å². The van der Waals surface area contributed by atoms with Crippen LogP contribution in [0.15, 0.2) is 35.9 Å². The molecule has 1 saturated carbocycles. The molecule has 0 saturated heterocycles. The molecule has 0 unspecified atom stereocenters. The highest BCUT2D eigenvalue weighted by molar-refractivity contribution is 5.33. The van der Waals surface area contributed by atoms with Gasteiger partial charge in [-0.15, -0.1) is 0 Å². The SMILES string of the molecule is CC/C=C(\C=C/Cc1ccc(OCC)c(F)c1F)C1CCC(CCC)CC1. The summed E-state index contributed by atoms with van der Waals surface area (Å²) in [7, 11) is 0. The Kier molecular flexibility index (Phi) is 9.03. The van der Waals surface area contributed by atoms with E-state index in [1.54, 1.807) is 13.0 Å². The molecule has 3 heteroatoms. The highest BCUT2D eigenvalue weighted by Gasteiger charge is 2.22. The first-order valence-electron chi connectivity index (χ1n) is 10.6. The molecule has 0 aliphatic heterocycles. The summed E-state index contributed by atoms with van der Waals surface area (Å²) in [5.41, 5.74) is 1.73. The highest BCUT2D eigenvalue weighted by atomic mass is 19.2. The van der Waals surface area contributed by atoms with Crippen LogP contribution in [-0.4, -0.2) is 6.61 Å². The van der Waals surface area contributed by atoms with Gasteiger partial charge >= 0.3 is 0 Å². The molecule has 1 nitrogen and oxygen atoms in total. The lowest BCUT2D eigenvalue weighted by Crippen LogP contribution is -2.15. The first kappa shape index (κ1) is 21.7. The van der Waals surface area contributed by atoms with Crippen LogP contribution in [0.4, 0.5) is 8.78 Å². The average molecular weight is 377 g/mol. The van der Waals surface area contributed by atoms with Gasteiger partial charge in [-0.05, 0) is 74.5 Å². The maximum atomic E-state index is 14.2. The Bertz CT molecular complexity index is 640. The second-order valence-electron chi connectivity index (χ2n) is 7.51. The van der Waals surface area contributed by atoms with Gasteiger partial charge < -0.3 is 4.74 Å². The molecule has 0 radical (unpaired) electrons. The first-order valence-corrected chi connectivity index (χ1v) is 10.6. The number of hydrogen-bond donors (Lipinski definition) is 0. The summed E-state index contributed by atoms with van der Waals surface area (Å²) in [4.78, 5) is 0. The zero-order valence-corrected chi connectivity index (χ0v) is 17.1. The number of allylic oxidation sites excluding steroid dienone is 4. The molecule has 0 N–H and O–H groups in total. The second-order valence-corrected chi connectivity index (χ2v) is 7.51. The zero-order valence-electron chi connectivity index (χ0n) is 17.1. The van der Waals surface area contributed by atoms with E-state index < -0.39 is 11.6 Å². The minimum absolute atomic E-state index is 0.0156. The number of rotatable bonds is 9. The lowest BCUT2D eigenvalue weighted by Gasteiger charge is -2.29. The van der Waals surface area contributed by atoms with E-state index in [0.29, 0.717) is 24.5 Å². The van der Waals surface area contributed by atoms with Crippen molar-refractivity contribution in [1.82, 2.24) is 0 Å². The van der Waals surface area contributed by atoms with Crippen LogP contribution in [0.2, 0.25) is 0 Å². The van der Waals surface area contributed by atoms with E-state index in [0.717, 1.165) is 12.3 Å². The van der Waals surface area contributed by atoms with Crippen molar-refractivity contribution in [2.45, 2.75) is 72.1 Å². The van der Waals surface area contributed by atoms with Gasteiger partial charge in [-0.25, -0.2) is 4.39 Å². The van der Waals surface area contributed by atoms with Crippen molar-refractivity contribution in [3.05, 3.63) is 53.1 Å². The van der Waals surface area contributed by atoms with Crippen LogP contribution in [-0.2, 0) is 6.42 Å². The molecular weight excluding hydrogens is 342 g/mol. The summed E-state index contributed by atoms with van der Waals surface area (Å²) in [6.45, 7) is 6.49. The molecule has 1 aliphatic rings. The smallest absolute Gasteiger partial charge is 0.200 e. The lowest BCUT2D eigenvalue weighted by molar-refractivity contribution is 0.288. The summed E-state index contributed by atoms with van der Waals surface area (Å²) in [6.07, 6.45) is 15.5. The Balaban J connectivity index is 2.00. The Morgan fingerprint density at radius 1 is 1.07 bits per heavy atom. The highest BCUT2D eigenvalue weighted by Crippen LogP contribution is 2.36. The van der Waals surface area contributed by atoms with Gasteiger partial charge in [-0.2, -0.15) is 4.39 Å². The first-order chi connectivity index (χ1) is 13.1. The standard InChI is InChI=1S/C24H34F2O/c1-4-8-18-12-14-20(15-13-18)19(9-5-2)10-7-11-21-16-17-22(27-6-3)24(26)23(21)25/h7,9-10,16-18,20H,4-6,8,11-15H2,1-3H3/b10-7-,19-9+. The topological polar surface area (TPSA) is 9.23 Å². The van der Waals surface area contributed by atoms with Crippen molar-refractivity contribution in [3.8, 4) is 5.75 Å². The lowest BCUT2D eigenvalue weighted by atomic mass is 9.76. The predicted octanol–water partition coefficient (Wildman–Crippen LogP) is 7.41. The van der Waals surface area contributed by atoms with Crippen LogP contribution >= 0.6 is 0 Å². The summed E-state index contributed by atoms with van der Waals surface area (Å²) in [5, 5.41) is 0. The van der Waals surface area contributed by atoms with E-state index in [1.807, 2.05) is 6.08 Å². The third-order valence-electron chi connectivity index (χ3n) is 5.53. The zero-order chi connectivity index (χ0) is 19.6. The molecule has 2 rings (SSSR count). The molecule has 0 spiro atoms.